The molecule has 1 aliphatic rings. The van der Waals surface area contributed by atoms with Crippen LogP contribution in [0.5, 0.6) is 5.75 Å². The second kappa shape index (κ2) is 12.7. The molecular formula is C33H32O5PS+. The molecule has 1 aromatic heterocycles. The number of carbonyl (C=O) groups excluding carboxylic acids is 3. The molecule has 5 rings (SSSR count). The Balaban J connectivity index is 1.61. The molecule has 0 unspecified atom stereocenters. The molecule has 5 nitrogen and oxygen atoms in total. The molecule has 1 fully saturated rings. The van der Waals surface area contributed by atoms with Gasteiger partial charge in [-0.1, -0.05) is 73.9 Å². The molecule has 0 radical (unpaired) electrons. The normalized spacial score (nSPS) is 13.9. The van der Waals surface area contributed by atoms with Crippen molar-refractivity contribution in [3.8, 4) is 5.75 Å². The summed E-state index contributed by atoms with van der Waals surface area (Å²) < 4.78 is 10.9. The van der Waals surface area contributed by atoms with Crippen molar-refractivity contribution >= 4 is 52.2 Å². The number of thiophene rings is 1. The summed E-state index contributed by atoms with van der Waals surface area (Å²) in [5, 5.41) is 4.79. The van der Waals surface area contributed by atoms with Crippen LogP contribution in [0, 0.1) is 5.92 Å². The molecule has 40 heavy (non-hydrogen) atoms. The maximum absolute atomic E-state index is 14.4. The maximum Gasteiger partial charge on any atom is 0.342 e. The topological polar surface area (TPSA) is 69.7 Å². The minimum absolute atomic E-state index is 0.0321. The highest BCUT2D eigenvalue weighted by atomic mass is 32.1. The summed E-state index contributed by atoms with van der Waals surface area (Å²) in [7, 11) is -1.19. The third kappa shape index (κ3) is 5.65. The average Bonchev–Trinajstić information content (AvgIpc) is 3.44. The molecule has 0 amide bonds. The standard InChI is InChI=1S/C33H32O5PS/c1-37-33(36)28-23-40-31(30(28)38-32(35)24-14-6-2-7-15-24)29(34)22-39(25-16-8-3-9-17-25,26-18-10-4-11-19-26)27-20-12-5-13-21-27/h3-5,8-13,16-21,23-24H,2,6-7,14-15,22H2,1H3/q+1. The molecule has 0 saturated heterocycles. The Morgan fingerprint density at radius 3 is 1.75 bits per heavy atom. The molecule has 0 bridgehead atoms. The van der Waals surface area contributed by atoms with Crippen LogP contribution in [0.15, 0.2) is 96.4 Å². The van der Waals surface area contributed by atoms with Crippen LogP contribution in [0.4, 0.5) is 0 Å². The fourth-order valence-electron chi connectivity index (χ4n) is 5.47. The number of methoxy groups -OCH3 is 1. The fraction of sp³-hybridized carbons (Fsp3) is 0.242. The number of hydrogen-bond donors (Lipinski definition) is 0. The first-order valence-electron chi connectivity index (χ1n) is 13.5. The Bertz CT molecular complexity index is 1360. The highest BCUT2D eigenvalue weighted by Crippen LogP contribution is 2.56. The van der Waals surface area contributed by atoms with E-state index < -0.39 is 13.2 Å². The summed E-state index contributed by atoms with van der Waals surface area (Å²) >= 11 is 1.13. The Labute approximate surface area is 239 Å². The lowest BCUT2D eigenvalue weighted by atomic mass is 9.89. The number of rotatable bonds is 9. The van der Waals surface area contributed by atoms with Gasteiger partial charge in [-0.3, -0.25) is 9.59 Å². The maximum atomic E-state index is 14.4. The van der Waals surface area contributed by atoms with Gasteiger partial charge in [-0.2, -0.15) is 0 Å². The summed E-state index contributed by atoms with van der Waals surface area (Å²) in [4.78, 5) is 40.5. The lowest BCUT2D eigenvalue weighted by molar-refractivity contribution is -0.139. The Morgan fingerprint density at radius 1 is 0.775 bits per heavy atom. The van der Waals surface area contributed by atoms with Crippen molar-refractivity contribution in [3.63, 3.8) is 0 Å². The van der Waals surface area contributed by atoms with E-state index in [-0.39, 0.29) is 40.0 Å². The van der Waals surface area contributed by atoms with E-state index >= 15 is 0 Å². The molecule has 1 heterocycles. The predicted octanol–water partition coefficient (Wildman–Crippen LogP) is 6.20. The second-order valence-electron chi connectivity index (χ2n) is 9.95. The quantitative estimate of drug-likeness (QED) is 0.136. The number of ketones is 1. The summed E-state index contributed by atoms with van der Waals surface area (Å²) in [6.45, 7) is 0. The van der Waals surface area contributed by atoms with Gasteiger partial charge in [-0.15, -0.1) is 11.3 Å². The number of carbonyl (C=O) groups is 3. The zero-order valence-electron chi connectivity index (χ0n) is 22.5. The highest BCUT2D eigenvalue weighted by molar-refractivity contribution is 7.96. The minimum atomic E-state index is -2.48. The number of benzene rings is 3. The van der Waals surface area contributed by atoms with Crippen LogP contribution in [-0.2, 0) is 9.53 Å². The lowest BCUT2D eigenvalue weighted by Gasteiger charge is -2.27. The first-order chi connectivity index (χ1) is 19.5. The summed E-state index contributed by atoms with van der Waals surface area (Å²) in [5.74, 6) is -1.38. The van der Waals surface area contributed by atoms with Gasteiger partial charge >= 0.3 is 11.9 Å². The van der Waals surface area contributed by atoms with Crippen molar-refractivity contribution in [2.75, 3.05) is 13.3 Å². The molecule has 0 aliphatic heterocycles. The summed E-state index contributed by atoms with van der Waals surface area (Å²) in [6, 6.07) is 30.4. The van der Waals surface area contributed by atoms with Gasteiger partial charge in [-0.25, -0.2) is 4.79 Å². The zero-order chi connectivity index (χ0) is 28.0. The third-order valence-corrected chi connectivity index (χ3v) is 12.8. The van der Waals surface area contributed by atoms with Crippen LogP contribution in [-0.4, -0.2) is 31.0 Å². The monoisotopic (exact) mass is 571 g/mol. The van der Waals surface area contributed by atoms with Crippen molar-refractivity contribution in [3.05, 3.63) is 107 Å². The first kappa shape index (κ1) is 27.9. The molecule has 4 aromatic rings. The fourth-order valence-corrected chi connectivity index (χ4v) is 10.6. The molecule has 7 heteroatoms. The van der Waals surface area contributed by atoms with Crippen LogP contribution < -0.4 is 20.7 Å². The molecule has 3 aromatic carbocycles. The average molecular weight is 572 g/mol. The third-order valence-electron chi connectivity index (χ3n) is 7.52. The molecule has 0 atom stereocenters. The van der Waals surface area contributed by atoms with E-state index in [1.54, 1.807) is 5.38 Å². The van der Waals surface area contributed by atoms with Crippen molar-refractivity contribution in [1.82, 2.24) is 0 Å². The molecule has 204 valence electrons. The largest absolute Gasteiger partial charge is 0.465 e. The van der Waals surface area contributed by atoms with E-state index in [0.29, 0.717) is 0 Å². The van der Waals surface area contributed by atoms with Crippen molar-refractivity contribution in [2.45, 2.75) is 32.1 Å². The Hall–Kier alpha value is -3.60. The van der Waals surface area contributed by atoms with Gasteiger partial charge in [0.05, 0.1) is 13.0 Å². The van der Waals surface area contributed by atoms with Gasteiger partial charge in [0.15, 0.2) is 5.75 Å². The first-order valence-corrected chi connectivity index (χ1v) is 16.4. The van der Waals surface area contributed by atoms with Crippen molar-refractivity contribution < 1.29 is 23.9 Å². The van der Waals surface area contributed by atoms with E-state index in [2.05, 4.69) is 36.4 Å². The van der Waals surface area contributed by atoms with E-state index in [1.807, 2.05) is 54.6 Å². The van der Waals surface area contributed by atoms with Crippen LogP contribution in [0.3, 0.4) is 0 Å². The molecule has 1 saturated carbocycles. The van der Waals surface area contributed by atoms with Crippen LogP contribution in [0.2, 0.25) is 0 Å². The SMILES string of the molecule is COC(=O)c1csc(C(=O)C[P+](c2ccccc2)(c2ccccc2)c2ccccc2)c1OC(=O)C1CCCCC1. The molecular weight excluding hydrogens is 539 g/mol. The summed E-state index contributed by atoms with van der Waals surface area (Å²) in [6.07, 6.45) is 4.73. The van der Waals surface area contributed by atoms with Gasteiger partial charge in [0.2, 0.25) is 5.78 Å². The van der Waals surface area contributed by atoms with Crippen LogP contribution in [0.1, 0.15) is 52.1 Å². The number of ether oxygens (including phenoxy) is 2. The van der Waals surface area contributed by atoms with Gasteiger partial charge in [-0.05, 0) is 49.2 Å². The van der Waals surface area contributed by atoms with E-state index in [9.17, 15) is 14.4 Å². The van der Waals surface area contributed by atoms with E-state index in [1.165, 1.54) is 7.11 Å². The number of hydrogen-bond acceptors (Lipinski definition) is 6. The van der Waals surface area contributed by atoms with Gasteiger partial charge < -0.3 is 9.47 Å². The smallest absolute Gasteiger partial charge is 0.342 e. The van der Waals surface area contributed by atoms with E-state index in [0.717, 1.165) is 59.4 Å². The van der Waals surface area contributed by atoms with Gasteiger partial charge in [0.25, 0.3) is 0 Å². The highest BCUT2D eigenvalue weighted by Gasteiger charge is 2.48. The van der Waals surface area contributed by atoms with E-state index in [4.69, 9.17) is 9.47 Å². The Morgan fingerprint density at radius 2 is 1.27 bits per heavy atom. The number of Topliss-reactive ketones (excluding diaryl/α,β-unsaturated/α-hetero) is 1. The van der Waals surface area contributed by atoms with Crippen molar-refractivity contribution in [1.29, 1.82) is 0 Å². The number of esters is 2. The summed E-state index contributed by atoms with van der Waals surface area (Å²) in [5.41, 5.74) is 0.114. The van der Waals surface area contributed by atoms with Crippen LogP contribution in [0.25, 0.3) is 0 Å². The van der Waals surface area contributed by atoms with Gasteiger partial charge in [0, 0.05) is 5.38 Å². The van der Waals surface area contributed by atoms with Gasteiger partial charge in [0.1, 0.15) is 39.8 Å². The Kier molecular flexibility index (Phi) is 8.88. The van der Waals surface area contributed by atoms with Crippen LogP contribution >= 0.6 is 18.6 Å². The lowest BCUT2D eigenvalue weighted by Crippen LogP contribution is -2.35. The molecule has 0 N–H and O–H groups in total. The minimum Gasteiger partial charge on any atom is -0.465 e. The molecule has 0 spiro atoms. The predicted molar refractivity (Wildman–Crippen MR) is 162 cm³/mol. The second-order valence-corrected chi connectivity index (χ2v) is 14.3. The molecule has 1 aliphatic carbocycles. The van der Waals surface area contributed by atoms with Crippen molar-refractivity contribution in [2.24, 2.45) is 5.92 Å². The zero-order valence-corrected chi connectivity index (χ0v) is 24.2.